The molecule has 1 aromatic rings. The molecule has 98 valence electrons. The van der Waals surface area contributed by atoms with Crippen LogP contribution in [-0.4, -0.2) is 19.6 Å². The summed E-state index contributed by atoms with van der Waals surface area (Å²) in [5.74, 6) is 0.447. The van der Waals surface area contributed by atoms with Gasteiger partial charge in [-0.2, -0.15) is 0 Å². The molecule has 3 nitrogen and oxygen atoms in total. The number of carbonyl (C=O) groups excluding carboxylic acids is 1. The first-order valence-corrected chi connectivity index (χ1v) is 5.97. The summed E-state index contributed by atoms with van der Waals surface area (Å²) >= 11 is 0. The standard InChI is InChI=1S/C15H21NO2/c1-6-9-16-14(17)12-10-11(15(2,3)4)7-8-13(12)18-5/h6-8,10H,1,9H2,2-5H3,(H,16,17). The fourth-order valence-corrected chi connectivity index (χ4v) is 1.61. The Morgan fingerprint density at radius 1 is 1.44 bits per heavy atom. The highest BCUT2D eigenvalue weighted by molar-refractivity contribution is 5.97. The van der Waals surface area contributed by atoms with Gasteiger partial charge in [0.25, 0.3) is 5.91 Å². The van der Waals surface area contributed by atoms with Crippen molar-refractivity contribution in [3.63, 3.8) is 0 Å². The summed E-state index contributed by atoms with van der Waals surface area (Å²) < 4.78 is 5.23. The Balaban J connectivity index is 3.14. The quantitative estimate of drug-likeness (QED) is 0.831. The molecule has 1 amide bonds. The van der Waals surface area contributed by atoms with E-state index in [1.807, 2.05) is 18.2 Å². The van der Waals surface area contributed by atoms with Crippen LogP contribution in [0.25, 0.3) is 0 Å². The molecule has 1 aromatic carbocycles. The van der Waals surface area contributed by atoms with Crippen LogP contribution in [0.5, 0.6) is 5.75 Å². The third kappa shape index (κ3) is 3.36. The minimum atomic E-state index is -0.141. The third-order valence-electron chi connectivity index (χ3n) is 2.72. The number of methoxy groups -OCH3 is 1. The predicted molar refractivity (Wildman–Crippen MR) is 74.2 cm³/mol. The van der Waals surface area contributed by atoms with Gasteiger partial charge in [0.05, 0.1) is 12.7 Å². The number of amides is 1. The minimum Gasteiger partial charge on any atom is -0.496 e. The Kier molecular flexibility index (Phi) is 4.54. The molecule has 0 heterocycles. The average molecular weight is 247 g/mol. The van der Waals surface area contributed by atoms with Crippen LogP contribution < -0.4 is 10.1 Å². The fourth-order valence-electron chi connectivity index (χ4n) is 1.61. The van der Waals surface area contributed by atoms with E-state index < -0.39 is 0 Å². The van der Waals surface area contributed by atoms with Gasteiger partial charge in [-0.3, -0.25) is 4.79 Å². The smallest absolute Gasteiger partial charge is 0.255 e. The maximum absolute atomic E-state index is 12.0. The molecule has 0 saturated carbocycles. The third-order valence-corrected chi connectivity index (χ3v) is 2.72. The molecule has 0 saturated heterocycles. The molecule has 0 aliphatic heterocycles. The molecule has 0 radical (unpaired) electrons. The van der Waals surface area contributed by atoms with Crippen LogP contribution in [0.3, 0.4) is 0 Å². The van der Waals surface area contributed by atoms with Crippen molar-refractivity contribution < 1.29 is 9.53 Å². The Hall–Kier alpha value is -1.77. The molecule has 0 atom stereocenters. The van der Waals surface area contributed by atoms with Crippen molar-refractivity contribution in [1.29, 1.82) is 0 Å². The maximum Gasteiger partial charge on any atom is 0.255 e. The summed E-state index contributed by atoms with van der Waals surface area (Å²) in [7, 11) is 1.57. The Morgan fingerprint density at radius 3 is 2.61 bits per heavy atom. The molecule has 0 spiro atoms. The zero-order chi connectivity index (χ0) is 13.8. The highest BCUT2D eigenvalue weighted by atomic mass is 16.5. The fraction of sp³-hybridized carbons (Fsp3) is 0.400. The maximum atomic E-state index is 12.0. The van der Waals surface area contributed by atoms with Gasteiger partial charge in [0.2, 0.25) is 0 Å². The molecule has 0 unspecified atom stereocenters. The first-order valence-electron chi connectivity index (χ1n) is 5.97. The van der Waals surface area contributed by atoms with Gasteiger partial charge in [-0.05, 0) is 23.1 Å². The molecule has 1 N–H and O–H groups in total. The zero-order valence-electron chi connectivity index (χ0n) is 11.5. The van der Waals surface area contributed by atoms with Crippen molar-refractivity contribution in [2.24, 2.45) is 0 Å². The molecule has 0 fully saturated rings. The summed E-state index contributed by atoms with van der Waals surface area (Å²) in [6.07, 6.45) is 1.65. The first kappa shape index (κ1) is 14.3. The molecule has 3 heteroatoms. The van der Waals surface area contributed by atoms with Gasteiger partial charge in [0, 0.05) is 6.54 Å². The molecular formula is C15H21NO2. The van der Waals surface area contributed by atoms with Crippen LogP contribution in [-0.2, 0) is 5.41 Å². The van der Waals surface area contributed by atoms with Crippen molar-refractivity contribution in [3.8, 4) is 5.75 Å². The Morgan fingerprint density at radius 2 is 2.11 bits per heavy atom. The van der Waals surface area contributed by atoms with E-state index in [1.54, 1.807) is 13.2 Å². The summed E-state index contributed by atoms with van der Waals surface area (Å²) in [4.78, 5) is 12.0. The van der Waals surface area contributed by atoms with E-state index in [0.717, 1.165) is 5.56 Å². The highest BCUT2D eigenvalue weighted by Crippen LogP contribution is 2.27. The van der Waals surface area contributed by atoms with E-state index in [0.29, 0.717) is 17.9 Å². The van der Waals surface area contributed by atoms with E-state index in [4.69, 9.17) is 4.74 Å². The van der Waals surface area contributed by atoms with E-state index in [9.17, 15) is 4.79 Å². The summed E-state index contributed by atoms with van der Waals surface area (Å²) in [6.45, 7) is 10.4. The minimum absolute atomic E-state index is 0.000260. The molecular weight excluding hydrogens is 226 g/mol. The number of hydrogen-bond acceptors (Lipinski definition) is 2. The predicted octanol–water partition coefficient (Wildman–Crippen LogP) is 2.91. The van der Waals surface area contributed by atoms with Gasteiger partial charge < -0.3 is 10.1 Å². The van der Waals surface area contributed by atoms with Crippen LogP contribution >= 0.6 is 0 Å². The van der Waals surface area contributed by atoms with Gasteiger partial charge in [-0.15, -0.1) is 6.58 Å². The van der Waals surface area contributed by atoms with E-state index in [-0.39, 0.29) is 11.3 Å². The van der Waals surface area contributed by atoms with Crippen molar-refractivity contribution in [3.05, 3.63) is 42.0 Å². The number of nitrogens with one attached hydrogen (secondary N) is 1. The SMILES string of the molecule is C=CCNC(=O)c1cc(C(C)(C)C)ccc1OC. The lowest BCUT2D eigenvalue weighted by molar-refractivity contribution is 0.0955. The van der Waals surface area contributed by atoms with Crippen LogP contribution in [0, 0.1) is 0 Å². The second-order valence-electron chi connectivity index (χ2n) is 5.16. The topological polar surface area (TPSA) is 38.3 Å². The number of ether oxygens (including phenoxy) is 1. The number of hydrogen-bond donors (Lipinski definition) is 1. The summed E-state index contributed by atoms with van der Waals surface area (Å²) in [6, 6.07) is 5.71. The molecule has 0 aromatic heterocycles. The second kappa shape index (κ2) is 5.71. The van der Waals surface area contributed by atoms with Gasteiger partial charge in [-0.25, -0.2) is 0 Å². The molecule has 0 aliphatic carbocycles. The largest absolute Gasteiger partial charge is 0.496 e. The number of benzene rings is 1. The van der Waals surface area contributed by atoms with Gasteiger partial charge in [0.1, 0.15) is 5.75 Å². The normalized spacial score (nSPS) is 10.9. The van der Waals surface area contributed by atoms with Crippen molar-refractivity contribution in [1.82, 2.24) is 5.32 Å². The van der Waals surface area contributed by atoms with Crippen LogP contribution in [0.1, 0.15) is 36.7 Å². The van der Waals surface area contributed by atoms with E-state index >= 15 is 0 Å². The Labute approximate surface area is 109 Å². The van der Waals surface area contributed by atoms with E-state index in [1.165, 1.54) is 0 Å². The van der Waals surface area contributed by atoms with Crippen molar-refractivity contribution in [2.45, 2.75) is 26.2 Å². The van der Waals surface area contributed by atoms with Crippen LogP contribution in [0.2, 0.25) is 0 Å². The second-order valence-corrected chi connectivity index (χ2v) is 5.16. The van der Waals surface area contributed by atoms with E-state index in [2.05, 4.69) is 32.7 Å². The van der Waals surface area contributed by atoms with Gasteiger partial charge in [0.15, 0.2) is 0 Å². The monoisotopic (exact) mass is 247 g/mol. The molecule has 0 bridgehead atoms. The van der Waals surface area contributed by atoms with Crippen LogP contribution in [0.4, 0.5) is 0 Å². The number of carbonyl (C=O) groups is 1. The van der Waals surface area contributed by atoms with Crippen molar-refractivity contribution >= 4 is 5.91 Å². The summed E-state index contributed by atoms with van der Waals surface area (Å²) in [5.41, 5.74) is 1.67. The average Bonchev–Trinajstić information content (AvgIpc) is 2.34. The lowest BCUT2D eigenvalue weighted by Crippen LogP contribution is -2.24. The zero-order valence-corrected chi connectivity index (χ0v) is 11.5. The molecule has 1 rings (SSSR count). The summed E-state index contributed by atoms with van der Waals surface area (Å²) in [5, 5.41) is 2.77. The van der Waals surface area contributed by atoms with Crippen molar-refractivity contribution in [2.75, 3.05) is 13.7 Å². The lowest BCUT2D eigenvalue weighted by atomic mass is 9.86. The lowest BCUT2D eigenvalue weighted by Gasteiger charge is -2.20. The highest BCUT2D eigenvalue weighted by Gasteiger charge is 2.18. The first-order chi connectivity index (χ1) is 8.40. The Bertz CT molecular complexity index is 444. The molecule has 0 aliphatic rings. The van der Waals surface area contributed by atoms with Gasteiger partial charge >= 0.3 is 0 Å². The molecule has 18 heavy (non-hydrogen) atoms. The number of rotatable bonds is 4. The van der Waals surface area contributed by atoms with Gasteiger partial charge in [-0.1, -0.05) is 32.9 Å². The van der Waals surface area contributed by atoms with Crippen LogP contribution in [0.15, 0.2) is 30.9 Å².